The largest absolute Gasteiger partial charge is 0.496 e. The monoisotopic (exact) mass is 293 g/mol. The molecule has 0 atom stereocenters. The standard InChI is InChI=1S/C16H23NO4/c1-4-21-16(19)6-5-9-17-15(18)11-13-8-7-12(2)14(10-13)20-3/h7-8,10H,4-6,9,11H2,1-3H3,(H,17,18). The fraction of sp³-hybridized carbons (Fsp3) is 0.500. The second kappa shape index (κ2) is 9.00. The summed E-state index contributed by atoms with van der Waals surface area (Å²) in [5, 5.41) is 2.79. The number of methoxy groups -OCH3 is 1. The number of ether oxygens (including phenoxy) is 2. The van der Waals surface area contributed by atoms with Crippen LogP contribution >= 0.6 is 0 Å². The van der Waals surface area contributed by atoms with Crippen molar-refractivity contribution in [3.63, 3.8) is 0 Å². The van der Waals surface area contributed by atoms with Gasteiger partial charge < -0.3 is 14.8 Å². The van der Waals surface area contributed by atoms with Gasteiger partial charge in [0.15, 0.2) is 0 Å². The van der Waals surface area contributed by atoms with E-state index in [1.165, 1.54) is 0 Å². The van der Waals surface area contributed by atoms with E-state index in [2.05, 4.69) is 5.32 Å². The molecule has 116 valence electrons. The first-order valence-electron chi connectivity index (χ1n) is 7.12. The van der Waals surface area contributed by atoms with Gasteiger partial charge in [0.05, 0.1) is 20.1 Å². The van der Waals surface area contributed by atoms with Crippen molar-refractivity contribution >= 4 is 11.9 Å². The molecule has 0 aliphatic carbocycles. The molecule has 1 rings (SSSR count). The van der Waals surface area contributed by atoms with Crippen LogP contribution in [0.3, 0.4) is 0 Å². The molecule has 0 fully saturated rings. The Labute approximate surface area is 125 Å². The van der Waals surface area contributed by atoms with Crippen molar-refractivity contribution in [1.29, 1.82) is 0 Å². The first-order valence-corrected chi connectivity index (χ1v) is 7.12. The lowest BCUT2D eigenvalue weighted by atomic mass is 10.1. The highest BCUT2D eigenvalue weighted by molar-refractivity contribution is 5.78. The zero-order chi connectivity index (χ0) is 15.7. The second-order valence-corrected chi connectivity index (χ2v) is 4.74. The number of nitrogens with one attached hydrogen (secondary N) is 1. The Hall–Kier alpha value is -2.04. The lowest BCUT2D eigenvalue weighted by molar-refractivity contribution is -0.143. The van der Waals surface area contributed by atoms with Gasteiger partial charge in [-0.25, -0.2) is 0 Å². The number of rotatable bonds is 8. The summed E-state index contributed by atoms with van der Waals surface area (Å²) in [6.07, 6.45) is 1.21. The van der Waals surface area contributed by atoms with Gasteiger partial charge in [-0.2, -0.15) is 0 Å². The van der Waals surface area contributed by atoms with Crippen LogP contribution < -0.4 is 10.1 Å². The Bertz CT molecular complexity index is 485. The molecule has 0 saturated heterocycles. The number of esters is 1. The van der Waals surface area contributed by atoms with Crippen molar-refractivity contribution in [3.8, 4) is 5.75 Å². The van der Waals surface area contributed by atoms with Crippen LogP contribution in [0.15, 0.2) is 18.2 Å². The van der Waals surface area contributed by atoms with Gasteiger partial charge in [0.1, 0.15) is 5.75 Å². The average molecular weight is 293 g/mol. The zero-order valence-electron chi connectivity index (χ0n) is 12.9. The SMILES string of the molecule is CCOC(=O)CCCNC(=O)Cc1ccc(C)c(OC)c1. The molecule has 0 spiro atoms. The van der Waals surface area contributed by atoms with E-state index in [0.717, 1.165) is 16.9 Å². The van der Waals surface area contributed by atoms with Crippen molar-refractivity contribution in [2.45, 2.75) is 33.1 Å². The van der Waals surface area contributed by atoms with Crippen LogP contribution in [0.4, 0.5) is 0 Å². The van der Waals surface area contributed by atoms with Gasteiger partial charge in [-0.15, -0.1) is 0 Å². The Morgan fingerprint density at radius 2 is 2.05 bits per heavy atom. The quantitative estimate of drug-likeness (QED) is 0.588. The number of carbonyl (C=O) groups is 2. The molecule has 0 aromatic heterocycles. The molecule has 0 saturated carbocycles. The average Bonchev–Trinajstić information content (AvgIpc) is 2.46. The minimum Gasteiger partial charge on any atom is -0.496 e. The fourth-order valence-corrected chi connectivity index (χ4v) is 1.92. The van der Waals surface area contributed by atoms with Gasteiger partial charge in [0, 0.05) is 13.0 Å². The van der Waals surface area contributed by atoms with E-state index in [4.69, 9.17) is 9.47 Å². The molecular formula is C16H23NO4. The van der Waals surface area contributed by atoms with Crippen LogP contribution in [0.5, 0.6) is 5.75 Å². The normalized spacial score (nSPS) is 10.0. The number of amides is 1. The summed E-state index contributed by atoms with van der Waals surface area (Å²) < 4.78 is 10.0. The van der Waals surface area contributed by atoms with E-state index in [9.17, 15) is 9.59 Å². The zero-order valence-corrected chi connectivity index (χ0v) is 12.9. The predicted octanol–water partition coefficient (Wildman–Crippen LogP) is 2.01. The number of aryl methyl sites for hydroxylation is 1. The second-order valence-electron chi connectivity index (χ2n) is 4.74. The minimum absolute atomic E-state index is 0.0650. The first kappa shape index (κ1) is 17.0. The third kappa shape index (κ3) is 6.29. The molecule has 1 aromatic rings. The Kier molecular flexibility index (Phi) is 7.29. The molecule has 1 aromatic carbocycles. The Morgan fingerprint density at radius 3 is 2.71 bits per heavy atom. The Balaban J connectivity index is 2.32. The highest BCUT2D eigenvalue weighted by Crippen LogP contribution is 2.19. The highest BCUT2D eigenvalue weighted by atomic mass is 16.5. The van der Waals surface area contributed by atoms with Crippen molar-refractivity contribution < 1.29 is 19.1 Å². The molecule has 1 amide bonds. The number of benzene rings is 1. The van der Waals surface area contributed by atoms with E-state index in [1.807, 2.05) is 25.1 Å². The fourth-order valence-electron chi connectivity index (χ4n) is 1.92. The molecule has 0 heterocycles. The topological polar surface area (TPSA) is 64.6 Å². The molecule has 0 bridgehead atoms. The third-order valence-electron chi connectivity index (χ3n) is 3.02. The van der Waals surface area contributed by atoms with Gasteiger partial charge in [0.25, 0.3) is 0 Å². The molecular weight excluding hydrogens is 270 g/mol. The van der Waals surface area contributed by atoms with Gasteiger partial charge in [-0.1, -0.05) is 12.1 Å². The van der Waals surface area contributed by atoms with Crippen LogP contribution in [0.2, 0.25) is 0 Å². The van der Waals surface area contributed by atoms with E-state index in [1.54, 1.807) is 14.0 Å². The van der Waals surface area contributed by atoms with Crippen molar-refractivity contribution in [3.05, 3.63) is 29.3 Å². The molecule has 0 aliphatic heterocycles. The maximum absolute atomic E-state index is 11.8. The van der Waals surface area contributed by atoms with Crippen LogP contribution in [0.1, 0.15) is 30.9 Å². The summed E-state index contributed by atoms with van der Waals surface area (Å²) in [5.74, 6) is 0.488. The summed E-state index contributed by atoms with van der Waals surface area (Å²) >= 11 is 0. The van der Waals surface area contributed by atoms with Crippen LogP contribution in [0, 0.1) is 6.92 Å². The van der Waals surface area contributed by atoms with Crippen molar-refractivity contribution in [1.82, 2.24) is 5.32 Å². The van der Waals surface area contributed by atoms with Crippen LogP contribution in [-0.4, -0.2) is 32.1 Å². The molecule has 0 unspecified atom stereocenters. The summed E-state index contributed by atoms with van der Waals surface area (Å²) in [4.78, 5) is 22.9. The summed E-state index contributed by atoms with van der Waals surface area (Å²) in [7, 11) is 1.61. The summed E-state index contributed by atoms with van der Waals surface area (Å²) in [6.45, 7) is 4.59. The predicted molar refractivity (Wildman–Crippen MR) is 80.3 cm³/mol. The summed E-state index contributed by atoms with van der Waals surface area (Å²) in [6, 6.07) is 5.71. The van der Waals surface area contributed by atoms with Crippen LogP contribution in [-0.2, 0) is 20.7 Å². The highest BCUT2D eigenvalue weighted by Gasteiger charge is 2.07. The van der Waals surface area contributed by atoms with Gasteiger partial charge in [-0.3, -0.25) is 9.59 Å². The lowest BCUT2D eigenvalue weighted by Gasteiger charge is -2.08. The van der Waals surface area contributed by atoms with Crippen molar-refractivity contribution in [2.75, 3.05) is 20.3 Å². The maximum Gasteiger partial charge on any atom is 0.305 e. The number of hydrogen-bond acceptors (Lipinski definition) is 4. The van der Waals surface area contributed by atoms with Gasteiger partial charge in [-0.05, 0) is 37.5 Å². The molecule has 1 N–H and O–H groups in total. The number of hydrogen-bond donors (Lipinski definition) is 1. The van der Waals surface area contributed by atoms with E-state index in [-0.39, 0.29) is 11.9 Å². The smallest absolute Gasteiger partial charge is 0.305 e. The van der Waals surface area contributed by atoms with Gasteiger partial charge >= 0.3 is 5.97 Å². The Morgan fingerprint density at radius 1 is 1.29 bits per heavy atom. The van der Waals surface area contributed by atoms with E-state index >= 15 is 0 Å². The molecule has 5 nitrogen and oxygen atoms in total. The van der Waals surface area contributed by atoms with Gasteiger partial charge in [0.2, 0.25) is 5.91 Å². The first-order chi connectivity index (χ1) is 10.1. The van der Waals surface area contributed by atoms with E-state index in [0.29, 0.717) is 32.4 Å². The molecule has 5 heteroatoms. The molecule has 0 radical (unpaired) electrons. The molecule has 0 aliphatic rings. The van der Waals surface area contributed by atoms with Crippen molar-refractivity contribution in [2.24, 2.45) is 0 Å². The minimum atomic E-state index is -0.227. The van der Waals surface area contributed by atoms with Crippen LogP contribution in [0.25, 0.3) is 0 Å². The third-order valence-corrected chi connectivity index (χ3v) is 3.02. The van der Waals surface area contributed by atoms with E-state index < -0.39 is 0 Å². The lowest BCUT2D eigenvalue weighted by Crippen LogP contribution is -2.26. The number of carbonyl (C=O) groups excluding carboxylic acids is 2. The summed E-state index contributed by atoms with van der Waals surface area (Å²) in [5.41, 5.74) is 1.94. The maximum atomic E-state index is 11.8. The molecule has 21 heavy (non-hydrogen) atoms.